The van der Waals surface area contributed by atoms with Gasteiger partial charge in [0.2, 0.25) is 6.29 Å². The molecule has 2 aliphatic heterocycles. The summed E-state index contributed by atoms with van der Waals surface area (Å²) in [6.45, 7) is 2.11. The van der Waals surface area contributed by atoms with Crippen LogP contribution in [0.1, 0.15) is 24.2 Å². The summed E-state index contributed by atoms with van der Waals surface area (Å²) in [4.78, 5) is 24.4. The van der Waals surface area contributed by atoms with Crippen LogP contribution in [-0.2, 0) is 28.5 Å². The molecule has 224 valence electrons. The molecule has 4 rings (SSSR count). The van der Waals surface area contributed by atoms with E-state index in [9.17, 15) is 40.2 Å². The molecule has 6 N–H and O–H groups in total. The molecular formula is C27H32O14. The van der Waals surface area contributed by atoms with Crippen LogP contribution < -0.4 is 4.74 Å². The fraction of sp³-hybridized carbons (Fsp3) is 0.481. The van der Waals surface area contributed by atoms with E-state index in [1.54, 1.807) is 0 Å². The maximum Gasteiger partial charge on any atom is 0.338 e. The number of aliphatic hydroxyl groups is 4. The van der Waals surface area contributed by atoms with E-state index in [0.717, 1.165) is 6.92 Å². The average molecular weight is 581 g/mol. The number of carbonyl (C=O) groups excluding carboxylic acids is 2. The van der Waals surface area contributed by atoms with Crippen LogP contribution in [0.2, 0.25) is 0 Å². The SMILES string of the molecule is CC(=O)OC1C(OCC2OC(Oc3ccc(O)cc3)C(O)C(O)C2O)OC(C)C(OC(=O)c2ccc(O)cc2)C1O. The Morgan fingerprint density at radius 3 is 1.98 bits per heavy atom. The molecule has 2 fully saturated rings. The Morgan fingerprint density at radius 1 is 0.756 bits per heavy atom. The molecule has 0 amide bonds. The Kier molecular flexibility index (Phi) is 9.65. The number of aromatic hydroxyl groups is 2. The number of hydrogen-bond acceptors (Lipinski definition) is 14. The van der Waals surface area contributed by atoms with Crippen molar-refractivity contribution in [1.82, 2.24) is 0 Å². The molecule has 14 nitrogen and oxygen atoms in total. The number of phenols is 2. The molecule has 0 spiro atoms. The van der Waals surface area contributed by atoms with Gasteiger partial charge >= 0.3 is 11.9 Å². The van der Waals surface area contributed by atoms with Crippen molar-refractivity contribution >= 4 is 11.9 Å². The van der Waals surface area contributed by atoms with Crippen LogP contribution >= 0.6 is 0 Å². The van der Waals surface area contributed by atoms with Crippen LogP contribution in [-0.4, -0.2) is 111 Å². The molecule has 0 aromatic heterocycles. The molecule has 0 aliphatic carbocycles. The van der Waals surface area contributed by atoms with E-state index in [-0.39, 0.29) is 22.8 Å². The summed E-state index contributed by atoms with van der Waals surface area (Å²) in [6.07, 6.45) is -14.4. The van der Waals surface area contributed by atoms with E-state index in [2.05, 4.69) is 0 Å². The predicted octanol–water partition coefficient (Wildman–Crippen LogP) is -0.436. The predicted molar refractivity (Wildman–Crippen MR) is 135 cm³/mol. The third-order valence-electron chi connectivity index (χ3n) is 6.58. The van der Waals surface area contributed by atoms with Crippen molar-refractivity contribution in [3.8, 4) is 17.2 Å². The molecule has 2 aromatic rings. The topological polar surface area (TPSA) is 211 Å². The maximum absolute atomic E-state index is 12.6. The second-order valence-electron chi connectivity index (χ2n) is 9.65. The molecule has 2 aromatic carbocycles. The van der Waals surface area contributed by atoms with Gasteiger partial charge in [0, 0.05) is 6.92 Å². The maximum atomic E-state index is 12.6. The Hall–Kier alpha value is -3.50. The zero-order valence-corrected chi connectivity index (χ0v) is 22.0. The van der Waals surface area contributed by atoms with E-state index in [0.29, 0.717) is 0 Å². The standard InChI is InChI=1S/C27H32O14/c1-12-23(41-25(35)14-3-5-15(29)6-4-14)22(34)24(38-13(2)28)27(37-12)36-11-18-19(31)20(32)21(33)26(40-18)39-17-9-7-16(30)8-10-17/h3-10,12,18-24,26-27,29-34H,11H2,1-2H3. The molecule has 10 atom stereocenters. The molecule has 0 radical (unpaired) electrons. The quantitative estimate of drug-likeness (QED) is 0.219. The summed E-state index contributed by atoms with van der Waals surface area (Å²) >= 11 is 0. The summed E-state index contributed by atoms with van der Waals surface area (Å²) in [5.41, 5.74) is 0.0952. The lowest BCUT2D eigenvalue weighted by Crippen LogP contribution is -2.62. The van der Waals surface area contributed by atoms with Gasteiger partial charge in [0.25, 0.3) is 0 Å². The minimum absolute atomic E-state index is 0.0206. The number of phenolic OH excluding ortho intramolecular Hbond substituents is 2. The average Bonchev–Trinajstić information content (AvgIpc) is 2.93. The highest BCUT2D eigenvalue weighted by molar-refractivity contribution is 5.89. The van der Waals surface area contributed by atoms with Gasteiger partial charge in [-0.3, -0.25) is 4.79 Å². The fourth-order valence-corrected chi connectivity index (χ4v) is 4.40. The molecule has 0 saturated carbocycles. The Labute approximate surface area is 234 Å². The van der Waals surface area contributed by atoms with Gasteiger partial charge in [0.05, 0.1) is 18.3 Å². The summed E-state index contributed by atoms with van der Waals surface area (Å²) in [5.74, 6) is -1.49. The molecule has 2 heterocycles. The molecule has 14 heteroatoms. The summed E-state index contributed by atoms with van der Waals surface area (Å²) in [6, 6.07) is 10.7. The molecule has 10 unspecified atom stereocenters. The molecule has 2 saturated heterocycles. The lowest BCUT2D eigenvalue weighted by Gasteiger charge is -2.43. The monoisotopic (exact) mass is 580 g/mol. The zero-order valence-electron chi connectivity index (χ0n) is 22.0. The summed E-state index contributed by atoms with van der Waals surface area (Å²) < 4.78 is 33.3. The Balaban J connectivity index is 1.43. The number of ether oxygens (including phenoxy) is 6. The van der Waals surface area contributed by atoms with Crippen LogP contribution in [0.15, 0.2) is 48.5 Å². The first-order chi connectivity index (χ1) is 19.4. The van der Waals surface area contributed by atoms with Crippen molar-refractivity contribution in [2.45, 2.75) is 75.3 Å². The fourth-order valence-electron chi connectivity index (χ4n) is 4.40. The van der Waals surface area contributed by atoms with Crippen LogP contribution in [0.25, 0.3) is 0 Å². The van der Waals surface area contributed by atoms with Gasteiger partial charge in [-0.2, -0.15) is 0 Å². The third kappa shape index (κ3) is 7.23. The summed E-state index contributed by atoms with van der Waals surface area (Å²) in [7, 11) is 0. The van der Waals surface area contributed by atoms with Gasteiger partial charge in [0.15, 0.2) is 18.5 Å². The Bertz CT molecular complexity index is 1170. The molecule has 41 heavy (non-hydrogen) atoms. The largest absolute Gasteiger partial charge is 0.508 e. The first kappa shape index (κ1) is 30.5. The third-order valence-corrected chi connectivity index (χ3v) is 6.58. The molecule has 0 bridgehead atoms. The van der Waals surface area contributed by atoms with Crippen molar-refractivity contribution in [2.24, 2.45) is 0 Å². The number of rotatable bonds is 8. The van der Waals surface area contributed by atoms with E-state index in [4.69, 9.17) is 28.4 Å². The molecular weight excluding hydrogens is 548 g/mol. The van der Waals surface area contributed by atoms with Gasteiger partial charge in [-0.1, -0.05) is 0 Å². The second kappa shape index (κ2) is 13.0. The van der Waals surface area contributed by atoms with Gasteiger partial charge in [-0.15, -0.1) is 0 Å². The van der Waals surface area contributed by atoms with Gasteiger partial charge in [-0.05, 0) is 55.5 Å². The second-order valence-corrected chi connectivity index (χ2v) is 9.65. The van der Waals surface area contributed by atoms with Gasteiger partial charge in [-0.25, -0.2) is 4.79 Å². The number of aliphatic hydroxyl groups excluding tert-OH is 4. The lowest BCUT2D eigenvalue weighted by atomic mass is 9.98. The highest BCUT2D eigenvalue weighted by Gasteiger charge is 2.50. The van der Waals surface area contributed by atoms with E-state index in [1.165, 1.54) is 55.5 Å². The number of benzene rings is 2. The van der Waals surface area contributed by atoms with Crippen molar-refractivity contribution < 1.29 is 68.6 Å². The highest BCUT2D eigenvalue weighted by Crippen LogP contribution is 2.30. The number of hydrogen-bond donors (Lipinski definition) is 6. The number of esters is 2. The van der Waals surface area contributed by atoms with Crippen LogP contribution in [0.3, 0.4) is 0 Å². The van der Waals surface area contributed by atoms with Crippen molar-refractivity contribution in [3.63, 3.8) is 0 Å². The van der Waals surface area contributed by atoms with E-state index >= 15 is 0 Å². The van der Waals surface area contributed by atoms with Gasteiger partial charge in [0.1, 0.15) is 47.8 Å². The van der Waals surface area contributed by atoms with E-state index < -0.39 is 80.0 Å². The lowest BCUT2D eigenvalue weighted by molar-refractivity contribution is -0.319. The van der Waals surface area contributed by atoms with E-state index in [1.807, 2.05) is 0 Å². The Morgan fingerprint density at radius 2 is 1.37 bits per heavy atom. The van der Waals surface area contributed by atoms with Crippen LogP contribution in [0.4, 0.5) is 0 Å². The van der Waals surface area contributed by atoms with Crippen molar-refractivity contribution in [1.29, 1.82) is 0 Å². The molecule has 2 aliphatic rings. The first-order valence-corrected chi connectivity index (χ1v) is 12.7. The highest BCUT2D eigenvalue weighted by atomic mass is 16.7. The smallest absolute Gasteiger partial charge is 0.338 e. The van der Waals surface area contributed by atoms with Crippen molar-refractivity contribution in [2.75, 3.05) is 6.61 Å². The minimum Gasteiger partial charge on any atom is -0.508 e. The first-order valence-electron chi connectivity index (χ1n) is 12.7. The van der Waals surface area contributed by atoms with Crippen LogP contribution in [0, 0.1) is 0 Å². The van der Waals surface area contributed by atoms with Gasteiger partial charge < -0.3 is 59.1 Å². The summed E-state index contributed by atoms with van der Waals surface area (Å²) in [5, 5.41) is 61.1. The zero-order chi connectivity index (χ0) is 29.8. The normalized spacial score (nSPS) is 33.5. The van der Waals surface area contributed by atoms with Crippen molar-refractivity contribution in [3.05, 3.63) is 54.1 Å². The van der Waals surface area contributed by atoms with Crippen LogP contribution in [0.5, 0.6) is 17.2 Å². The number of carbonyl (C=O) groups is 2. The minimum atomic E-state index is -1.69.